The van der Waals surface area contributed by atoms with E-state index >= 15 is 0 Å². The second-order valence-electron chi connectivity index (χ2n) is 3.63. The molecule has 1 rings (SSSR count). The zero-order valence-corrected chi connectivity index (χ0v) is 9.41. The highest BCUT2D eigenvalue weighted by Gasteiger charge is 2.12. The second-order valence-corrected chi connectivity index (χ2v) is 3.63. The summed E-state index contributed by atoms with van der Waals surface area (Å²) in [4.78, 5) is 9.88. The van der Waals surface area contributed by atoms with Crippen LogP contribution in [0.4, 0.5) is 5.69 Å². The molecule has 2 N–H and O–H groups in total. The Morgan fingerprint density at radius 2 is 2.53 bits per heavy atom. The van der Waals surface area contributed by atoms with Crippen molar-refractivity contribution in [3.8, 4) is 12.3 Å². The first kappa shape index (κ1) is 13.2. The third-order valence-electron chi connectivity index (χ3n) is 2.14. The first-order valence-electron chi connectivity index (χ1n) is 5.07. The number of aliphatic hydroxyl groups is 1. The van der Waals surface area contributed by atoms with Crippen molar-refractivity contribution >= 4 is 5.69 Å². The summed E-state index contributed by atoms with van der Waals surface area (Å²) in [5.74, 6) is 2.47. The lowest BCUT2D eigenvalue weighted by molar-refractivity contribution is -0.385. The summed E-state index contributed by atoms with van der Waals surface area (Å²) in [7, 11) is 0. The lowest BCUT2D eigenvalue weighted by Crippen LogP contribution is -2.35. The van der Waals surface area contributed by atoms with Crippen molar-refractivity contribution in [2.24, 2.45) is 0 Å². The summed E-state index contributed by atoms with van der Waals surface area (Å²) in [6.07, 6.45) is 6.87. The zero-order chi connectivity index (χ0) is 12.8. The summed E-state index contributed by atoms with van der Waals surface area (Å²) in [5.41, 5.74) is -0.0952. The molecule has 0 aliphatic heterocycles. The van der Waals surface area contributed by atoms with E-state index in [1.165, 1.54) is 10.9 Å². The van der Waals surface area contributed by atoms with Crippen LogP contribution >= 0.6 is 0 Å². The third kappa shape index (κ3) is 4.22. The minimum Gasteiger partial charge on any atom is -0.390 e. The number of rotatable bonds is 6. The molecule has 92 valence electrons. The molecule has 0 fully saturated rings. The van der Waals surface area contributed by atoms with E-state index in [-0.39, 0.29) is 18.3 Å². The van der Waals surface area contributed by atoms with Crippen LogP contribution in [0.5, 0.6) is 0 Å². The van der Waals surface area contributed by atoms with E-state index in [1.807, 2.05) is 0 Å². The Morgan fingerprint density at radius 3 is 3.06 bits per heavy atom. The molecule has 7 nitrogen and oxygen atoms in total. The zero-order valence-electron chi connectivity index (χ0n) is 9.41. The van der Waals surface area contributed by atoms with Crippen LogP contribution in [-0.2, 0) is 6.54 Å². The number of aromatic nitrogens is 2. The SMILES string of the molecule is C#CC(C)NCC(O)Cn1cc([N+](=O)[O-])cn1. The van der Waals surface area contributed by atoms with Crippen molar-refractivity contribution in [2.45, 2.75) is 25.6 Å². The molecule has 0 spiro atoms. The molecule has 7 heteroatoms. The number of nitrogens with one attached hydrogen (secondary N) is 1. The van der Waals surface area contributed by atoms with Crippen LogP contribution in [-0.4, -0.2) is 38.5 Å². The van der Waals surface area contributed by atoms with Crippen molar-refractivity contribution in [3.63, 3.8) is 0 Å². The molecule has 0 bridgehead atoms. The Morgan fingerprint density at radius 1 is 1.82 bits per heavy atom. The number of hydrogen-bond acceptors (Lipinski definition) is 5. The van der Waals surface area contributed by atoms with Gasteiger partial charge in [-0.05, 0) is 6.92 Å². The fourth-order valence-electron chi connectivity index (χ4n) is 1.20. The average molecular weight is 238 g/mol. The largest absolute Gasteiger partial charge is 0.390 e. The molecular formula is C10H14N4O3. The van der Waals surface area contributed by atoms with Crippen LogP contribution in [0.3, 0.4) is 0 Å². The van der Waals surface area contributed by atoms with E-state index < -0.39 is 11.0 Å². The van der Waals surface area contributed by atoms with Gasteiger partial charge in [0, 0.05) is 6.54 Å². The average Bonchev–Trinajstić information content (AvgIpc) is 2.74. The fraction of sp³-hybridized carbons (Fsp3) is 0.500. The quantitative estimate of drug-likeness (QED) is 0.405. The molecule has 0 saturated heterocycles. The molecule has 0 aliphatic carbocycles. The first-order valence-corrected chi connectivity index (χ1v) is 5.07. The molecular weight excluding hydrogens is 224 g/mol. The van der Waals surface area contributed by atoms with Gasteiger partial charge in [0.25, 0.3) is 0 Å². The molecule has 2 unspecified atom stereocenters. The van der Waals surface area contributed by atoms with Gasteiger partial charge in [-0.1, -0.05) is 5.92 Å². The van der Waals surface area contributed by atoms with Gasteiger partial charge in [-0.3, -0.25) is 14.8 Å². The van der Waals surface area contributed by atoms with Crippen LogP contribution in [0.2, 0.25) is 0 Å². The van der Waals surface area contributed by atoms with Gasteiger partial charge in [-0.25, -0.2) is 0 Å². The van der Waals surface area contributed by atoms with Gasteiger partial charge >= 0.3 is 5.69 Å². The van der Waals surface area contributed by atoms with Crippen molar-refractivity contribution < 1.29 is 10.0 Å². The van der Waals surface area contributed by atoms with Crippen LogP contribution in [0.1, 0.15) is 6.92 Å². The van der Waals surface area contributed by atoms with Crippen LogP contribution in [0, 0.1) is 22.5 Å². The summed E-state index contributed by atoms with van der Waals surface area (Å²) >= 11 is 0. The van der Waals surface area contributed by atoms with Crippen molar-refractivity contribution in [2.75, 3.05) is 6.54 Å². The molecule has 1 aromatic heterocycles. The minimum atomic E-state index is -0.703. The Hall–Kier alpha value is -1.91. The maximum absolute atomic E-state index is 10.4. The van der Waals surface area contributed by atoms with E-state index in [4.69, 9.17) is 6.42 Å². The number of terminal acetylenes is 1. The van der Waals surface area contributed by atoms with Crippen molar-refractivity contribution in [1.82, 2.24) is 15.1 Å². The monoisotopic (exact) mass is 238 g/mol. The summed E-state index contributed by atoms with van der Waals surface area (Å²) < 4.78 is 1.32. The van der Waals surface area contributed by atoms with E-state index in [2.05, 4.69) is 16.3 Å². The third-order valence-corrected chi connectivity index (χ3v) is 2.14. The lowest BCUT2D eigenvalue weighted by Gasteiger charge is -2.13. The van der Waals surface area contributed by atoms with Gasteiger partial charge in [-0.15, -0.1) is 6.42 Å². The normalized spacial score (nSPS) is 13.9. The predicted molar refractivity (Wildman–Crippen MR) is 61.2 cm³/mol. The molecule has 0 amide bonds. The number of aliphatic hydroxyl groups excluding tert-OH is 1. The molecule has 0 aromatic carbocycles. The number of nitrogens with zero attached hydrogens (tertiary/aromatic N) is 3. The molecule has 2 atom stereocenters. The molecule has 0 radical (unpaired) electrons. The summed E-state index contributed by atoms with van der Waals surface area (Å²) in [6, 6.07) is -0.128. The Kier molecular flexibility index (Phi) is 4.63. The molecule has 17 heavy (non-hydrogen) atoms. The molecule has 1 heterocycles. The van der Waals surface area contributed by atoms with Crippen LogP contribution in [0.25, 0.3) is 0 Å². The topological polar surface area (TPSA) is 93.2 Å². The maximum atomic E-state index is 10.4. The number of nitro groups is 1. The number of hydrogen-bond donors (Lipinski definition) is 2. The molecule has 1 aromatic rings. The summed E-state index contributed by atoms with van der Waals surface area (Å²) in [5, 5.41) is 26.7. The molecule has 0 saturated carbocycles. The first-order chi connectivity index (χ1) is 8.02. The highest BCUT2D eigenvalue weighted by atomic mass is 16.6. The Balaban J connectivity index is 2.42. The minimum absolute atomic E-state index is 0.0952. The second kappa shape index (κ2) is 5.98. The van der Waals surface area contributed by atoms with Gasteiger partial charge in [0.1, 0.15) is 12.4 Å². The predicted octanol–water partition coefficient (Wildman–Crippen LogP) is -0.237. The lowest BCUT2D eigenvalue weighted by atomic mass is 10.3. The van der Waals surface area contributed by atoms with Gasteiger partial charge < -0.3 is 10.4 Å². The fourth-order valence-corrected chi connectivity index (χ4v) is 1.20. The van der Waals surface area contributed by atoms with Crippen LogP contribution in [0.15, 0.2) is 12.4 Å². The van der Waals surface area contributed by atoms with E-state index in [1.54, 1.807) is 6.92 Å². The van der Waals surface area contributed by atoms with Gasteiger partial charge in [-0.2, -0.15) is 5.10 Å². The van der Waals surface area contributed by atoms with Gasteiger partial charge in [0.2, 0.25) is 0 Å². The van der Waals surface area contributed by atoms with Gasteiger partial charge in [0.15, 0.2) is 0 Å². The van der Waals surface area contributed by atoms with E-state index in [0.29, 0.717) is 6.54 Å². The highest BCUT2D eigenvalue weighted by Crippen LogP contribution is 2.07. The van der Waals surface area contributed by atoms with E-state index in [0.717, 1.165) is 6.20 Å². The highest BCUT2D eigenvalue weighted by molar-refractivity contribution is 5.20. The van der Waals surface area contributed by atoms with E-state index in [9.17, 15) is 15.2 Å². The Bertz CT molecular complexity index is 423. The summed E-state index contributed by atoms with van der Waals surface area (Å²) in [6.45, 7) is 2.28. The Labute approximate surface area is 98.6 Å². The standard InChI is InChI=1S/C10H14N4O3/c1-3-8(2)11-5-10(15)7-13-6-9(4-12-13)14(16)17/h1,4,6,8,10-11,15H,5,7H2,2H3. The van der Waals surface area contributed by atoms with Gasteiger partial charge in [0.05, 0.1) is 23.6 Å². The van der Waals surface area contributed by atoms with Crippen LogP contribution < -0.4 is 5.32 Å². The smallest absolute Gasteiger partial charge is 0.306 e. The maximum Gasteiger partial charge on any atom is 0.306 e. The molecule has 0 aliphatic rings. The van der Waals surface area contributed by atoms with Crippen molar-refractivity contribution in [1.29, 1.82) is 0 Å². The van der Waals surface area contributed by atoms with Crippen molar-refractivity contribution in [3.05, 3.63) is 22.5 Å².